The first-order valence-electron chi connectivity index (χ1n) is 5.82. The van der Waals surface area contributed by atoms with Gasteiger partial charge in [-0.2, -0.15) is 0 Å². The molecule has 3 N–H and O–H groups in total. The van der Waals surface area contributed by atoms with Gasteiger partial charge in [-0.05, 0) is 81.0 Å². The van der Waals surface area contributed by atoms with Crippen molar-refractivity contribution in [2.45, 2.75) is 0 Å². The third-order valence-corrected chi connectivity index (χ3v) is 3.97. The smallest absolute Gasteiger partial charge is 0.336 e. The van der Waals surface area contributed by atoms with Crippen LogP contribution in [0.15, 0.2) is 46.9 Å². The highest BCUT2D eigenvalue weighted by Gasteiger charge is 2.10. The molecule has 2 rings (SSSR count). The van der Waals surface area contributed by atoms with Crippen LogP contribution in [0.5, 0.6) is 0 Å². The highest BCUT2D eigenvalue weighted by atomic mass is 127. The normalized spacial score (nSPS) is 10.0. The predicted octanol–water partition coefficient (Wildman–Crippen LogP) is 4.40. The van der Waals surface area contributed by atoms with Crippen molar-refractivity contribution < 1.29 is 14.7 Å². The second-order valence-electron chi connectivity index (χ2n) is 4.09. The summed E-state index contributed by atoms with van der Waals surface area (Å²) in [5.74, 6) is -1.07. The van der Waals surface area contributed by atoms with E-state index in [2.05, 4.69) is 49.2 Å². The van der Waals surface area contributed by atoms with Crippen LogP contribution in [0.4, 0.5) is 16.2 Å². The van der Waals surface area contributed by atoms with Crippen LogP contribution < -0.4 is 10.6 Å². The summed E-state index contributed by atoms with van der Waals surface area (Å²) in [7, 11) is 0. The van der Waals surface area contributed by atoms with Crippen molar-refractivity contribution in [3.63, 3.8) is 0 Å². The van der Waals surface area contributed by atoms with Gasteiger partial charge in [-0.25, -0.2) is 9.59 Å². The fourth-order valence-electron chi connectivity index (χ4n) is 1.59. The number of carboxylic acids is 1. The number of benzene rings is 2. The van der Waals surface area contributed by atoms with E-state index < -0.39 is 12.0 Å². The van der Waals surface area contributed by atoms with Crippen LogP contribution in [0.1, 0.15) is 10.4 Å². The van der Waals surface area contributed by atoms with E-state index in [9.17, 15) is 9.59 Å². The summed E-state index contributed by atoms with van der Waals surface area (Å²) in [6.45, 7) is 0. The monoisotopic (exact) mass is 460 g/mol. The number of carboxylic acid groups (broad SMARTS) is 1. The molecule has 7 heteroatoms. The third kappa shape index (κ3) is 4.43. The summed E-state index contributed by atoms with van der Waals surface area (Å²) in [5, 5.41) is 14.3. The van der Waals surface area contributed by atoms with Gasteiger partial charge in [0.1, 0.15) is 0 Å². The zero-order chi connectivity index (χ0) is 15.4. The van der Waals surface area contributed by atoms with Gasteiger partial charge in [-0.1, -0.05) is 0 Å². The first kappa shape index (κ1) is 15.8. The number of carbonyl (C=O) groups is 2. The molecule has 108 valence electrons. The Morgan fingerprint density at radius 1 is 1.00 bits per heavy atom. The molecule has 0 aliphatic carbocycles. The van der Waals surface area contributed by atoms with E-state index in [1.165, 1.54) is 6.07 Å². The predicted molar refractivity (Wildman–Crippen MR) is 92.9 cm³/mol. The Hall–Kier alpha value is -1.61. The minimum absolute atomic E-state index is 0.0852. The van der Waals surface area contributed by atoms with Crippen molar-refractivity contribution in [1.29, 1.82) is 0 Å². The molecule has 0 bridgehead atoms. The van der Waals surface area contributed by atoms with E-state index in [1.807, 2.05) is 12.1 Å². The van der Waals surface area contributed by atoms with E-state index in [4.69, 9.17) is 5.11 Å². The summed E-state index contributed by atoms with van der Waals surface area (Å²) in [4.78, 5) is 22.9. The fraction of sp³-hybridized carbons (Fsp3) is 0. The van der Waals surface area contributed by atoms with Gasteiger partial charge in [0.05, 0.1) is 5.56 Å². The first-order valence-corrected chi connectivity index (χ1v) is 7.69. The Bertz CT molecular complexity index is 689. The zero-order valence-corrected chi connectivity index (χ0v) is 14.3. The number of urea groups is 1. The highest BCUT2D eigenvalue weighted by Crippen LogP contribution is 2.21. The molecule has 5 nitrogen and oxygen atoms in total. The molecule has 0 aliphatic heterocycles. The van der Waals surface area contributed by atoms with E-state index in [0.29, 0.717) is 15.8 Å². The molecular weight excluding hydrogens is 451 g/mol. The Morgan fingerprint density at radius 3 is 2.19 bits per heavy atom. The second-order valence-corrected chi connectivity index (χ2v) is 6.19. The summed E-state index contributed by atoms with van der Waals surface area (Å²) in [6, 6.07) is 11.5. The number of nitrogens with one attached hydrogen (secondary N) is 2. The van der Waals surface area contributed by atoms with Crippen molar-refractivity contribution in [2.75, 3.05) is 10.6 Å². The maximum Gasteiger partial charge on any atom is 0.336 e. The summed E-state index contributed by atoms with van der Waals surface area (Å²) in [5.41, 5.74) is 1.14. The van der Waals surface area contributed by atoms with Gasteiger partial charge < -0.3 is 15.7 Å². The molecule has 2 amide bonds. The SMILES string of the molecule is O=C(Nc1ccc(I)cc1)Nc1ccc(Br)c(C(=O)O)c1. The van der Waals surface area contributed by atoms with Crippen LogP contribution in [0.25, 0.3) is 0 Å². The number of hydrogen-bond donors (Lipinski definition) is 3. The topological polar surface area (TPSA) is 78.4 Å². The van der Waals surface area contributed by atoms with Crippen LogP contribution in [0.2, 0.25) is 0 Å². The molecule has 21 heavy (non-hydrogen) atoms. The Balaban J connectivity index is 2.07. The van der Waals surface area contributed by atoms with Crippen molar-refractivity contribution in [3.05, 3.63) is 56.1 Å². The van der Waals surface area contributed by atoms with E-state index in [-0.39, 0.29) is 5.56 Å². The number of carbonyl (C=O) groups excluding carboxylic acids is 1. The summed E-state index contributed by atoms with van der Waals surface area (Å²) >= 11 is 5.32. The Morgan fingerprint density at radius 2 is 1.57 bits per heavy atom. The molecule has 0 aromatic heterocycles. The maximum atomic E-state index is 11.8. The molecule has 0 saturated heterocycles. The first-order chi connectivity index (χ1) is 9.95. The second kappa shape index (κ2) is 6.90. The lowest BCUT2D eigenvalue weighted by atomic mass is 10.2. The lowest BCUT2D eigenvalue weighted by Crippen LogP contribution is -2.19. The highest BCUT2D eigenvalue weighted by molar-refractivity contribution is 14.1. The molecular formula is C14H10BrIN2O3. The minimum Gasteiger partial charge on any atom is -0.478 e. The molecule has 0 aliphatic rings. The van der Waals surface area contributed by atoms with Crippen LogP contribution >= 0.6 is 38.5 Å². The molecule has 0 spiro atoms. The van der Waals surface area contributed by atoms with Gasteiger partial charge in [-0.15, -0.1) is 0 Å². The van der Waals surface area contributed by atoms with Gasteiger partial charge in [0.2, 0.25) is 0 Å². The minimum atomic E-state index is -1.07. The fourth-order valence-corrected chi connectivity index (χ4v) is 2.37. The Labute approximate surface area is 143 Å². The van der Waals surface area contributed by atoms with Gasteiger partial charge in [-0.3, -0.25) is 0 Å². The number of halogens is 2. The standard InChI is InChI=1S/C14H10BrIN2O3/c15-12-6-5-10(7-11(12)13(19)20)18-14(21)17-9-3-1-8(16)2-4-9/h1-7H,(H,19,20)(H2,17,18,21). The van der Waals surface area contributed by atoms with E-state index in [1.54, 1.807) is 24.3 Å². The number of amides is 2. The van der Waals surface area contributed by atoms with E-state index in [0.717, 1.165) is 3.57 Å². The lowest BCUT2D eigenvalue weighted by molar-refractivity contribution is 0.0696. The van der Waals surface area contributed by atoms with Gasteiger partial charge in [0.15, 0.2) is 0 Å². The van der Waals surface area contributed by atoms with Gasteiger partial charge in [0.25, 0.3) is 0 Å². The summed E-state index contributed by atoms with van der Waals surface area (Å²) < 4.78 is 1.52. The Kier molecular flexibility index (Phi) is 5.18. The van der Waals surface area contributed by atoms with Crippen LogP contribution in [0, 0.1) is 3.57 Å². The van der Waals surface area contributed by atoms with Gasteiger partial charge >= 0.3 is 12.0 Å². The number of aromatic carboxylic acids is 1. The molecule has 2 aromatic rings. The van der Waals surface area contributed by atoms with Crippen LogP contribution in [-0.4, -0.2) is 17.1 Å². The van der Waals surface area contributed by atoms with Crippen LogP contribution in [-0.2, 0) is 0 Å². The summed E-state index contributed by atoms with van der Waals surface area (Å²) in [6.07, 6.45) is 0. The number of rotatable bonds is 3. The molecule has 0 radical (unpaired) electrons. The quantitative estimate of drug-likeness (QED) is 0.594. The maximum absolute atomic E-state index is 11.8. The molecule has 0 heterocycles. The van der Waals surface area contributed by atoms with Crippen molar-refractivity contribution in [1.82, 2.24) is 0 Å². The molecule has 0 atom stereocenters. The molecule has 0 fully saturated rings. The lowest BCUT2D eigenvalue weighted by Gasteiger charge is -2.09. The van der Waals surface area contributed by atoms with Gasteiger partial charge in [0, 0.05) is 19.4 Å². The third-order valence-electron chi connectivity index (χ3n) is 2.56. The zero-order valence-electron chi connectivity index (χ0n) is 10.6. The average Bonchev–Trinajstić information content (AvgIpc) is 2.43. The number of anilines is 2. The molecule has 0 saturated carbocycles. The number of hydrogen-bond acceptors (Lipinski definition) is 2. The largest absolute Gasteiger partial charge is 0.478 e. The van der Waals surface area contributed by atoms with Crippen molar-refractivity contribution in [3.8, 4) is 0 Å². The van der Waals surface area contributed by atoms with Crippen molar-refractivity contribution >= 4 is 61.9 Å². The van der Waals surface area contributed by atoms with Crippen molar-refractivity contribution in [2.24, 2.45) is 0 Å². The molecule has 0 unspecified atom stereocenters. The average molecular weight is 461 g/mol. The van der Waals surface area contributed by atoms with Crippen LogP contribution in [0.3, 0.4) is 0 Å². The van der Waals surface area contributed by atoms with E-state index >= 15 is 0 Å². The molecule has 2 aromatic carbocycles.